The van der Waals surface area contributed by atoms with Crippen molar-refractivity contribution in [3.8, 4) is 5.75 Å². The van der Waals surface area contributed by atoms with Gasteiger partial charge in [-0.05, 0) is 30.2 Å². The maximum atomic E-state index is 12.6. The average Bonchev–Trinajstić information content (AvgIpc) is 3.05. The van der Waals surface area contributed by atoms with Crippen molar-refractivity contribution in [2.75, 3.05) is 27.7 Å². The zero-order valence-electron chi connectivity index (χ0n) is 15.0. The zero-order chi connectivity index (χ0) is 18.8. The molecule has 8 heteroatoms. The molecule has 0 saturated carbocycles. The van der Waals surface area contributed by atoms with Crippen molar-refractivity contribution < 1.29 is 14.3 Å². The number of thiophene rings is 1. The third-order valence-corrected chi connectivity index (χ3v) is 5.57. The summed E-state index contributed by atoms with van der Waals surface area (Å²) in [5.41, 5.74) is 0.688. The Hall–Kier alpha value is -2.61. The van der Waals surface area contributed by atoms with Crippen LogP contribution in [-0.2, 0) is 24.3 Å². The Bertz CT molecular complexity index is 900. The first-order valence-corrected chi connectivity index (χ1v) is 9.06. The maximum Gasteiger partial charge on any atom is 0.293 e. The molecule has 138 valence electrons. The van der Waals surface area contributed by atoms with Crippen LogP contribution in [0.5, 0.6) is 5.75 Å². The molecule has 0 bridgehead atoms. The number of nitrogens with zero attached hydrogens (tertiary/aromatic N) is 3. The Labute approximate surface area is 155 Å². The number of rotatable bonds is 4. The number of carbonyl (C=O) groups is 2. The van der Waals surface area contributed by atoms with E-state index in [0.717, 1.165) is 16.9 Å². The summed E-state index contributed by atoms with van der Waals surface area (Å²) < 4.78 is 6.36. The Kier molecular flexibility index (Phi) is 5.13. The van der Waals surface area contributed by atoms with Gasteiger partial charge in [0.2, 0.25) is 5.91 Å². The van der Waals surface area contributed by atoms with E-state index in [0.29, 0.717) is 18.0 Å². The molecule has 0 aliphatic carbocycles. The summed E-state index contributed by atoms with van der Waals surface area (Å²) in [6.07, 6.45) is 2.30. The van der Waals surface area contributed by atoms with Crippen molar-refractivity contribution in [3.05, 3.63) is 50.1 Å². The predicted molar refractivity (Wildman–Crippen MR) is 98.7 cm³/mol. The van der Waals surface area contributed by atoms with E-state index in [2.05, 4.69) is 0 Å². The van der Waals surface area contributed by atoms with Crippen LogP contribution in [0.15, 0.2) is 29.2 Å². The Morgan fingerprint density at radius 1 is 1.35 bits per heavy atom. The molecule has 0 unspecified atom stereocenters. The van der Waals surface area contributed by atoms with E-state index in [1.807, 2.05) is 6.07 Å². The number of hydrogen-bond donors (Lipinski definition) is 0. The molecule has 0 aromatic carbocycles. The van der Waals surface area contributed by atoms with Crippen LogP contribution in [0.4, 0.5) is 0 Å². The Morgan fingerprint density at radius 2 is 2.12 bits per heavy atom. The number of aromatic nitrogens is 1. The molecule has 3 heterocycles. The van der Waals surface area contributed by atoms with Crippen molar-refractivity contribution in [2.24, 2.45) is 0 Å². The van der Waals surface area contributed by atoms with Crippen molar-refractivity contribution in [1.82, 2.24) is 14.4 Å². The summed E-state index contributed by atoms with van der Waals surface area (Å²) in [4.78, 5) is 42.1. The van der Waals surface area contributed by atoms with Crippen LogP contribution in [0.25, 0.3) is 0 Å². The SMILES string of the molecule is COc1cccn(CC(=O)N2CCc3sc(C(=O)N(C)C)cc3C2)c1=O. The zero-order valence-corrected chi connectivity index (χ0v) is 15.8. The third-order valence-electron chi connectivity index (χ3n) is 4.35. The van der Waals surface area contributed by atoms with Crippen molar-refractivity contribution in [2.45, 2.75) is 19.5 Å². The van der Waals surface area contributed by atoms with Gasteiger partial charge in [-0.15, -0.1) is 11.3 Å². The molecule has 0 spiro atoms. The standard InChI is InChI=1S/C18H21N3O4S/c1-19(2)18(24)15-9-12-10-20(8-6-14(12)26-15)16(22)11-21-7-4-5-13(25-3)17(21)23/h4-5,7,9H,6,8,10-11H2,1-3H3. The number of ether oxygens (including phenoxy) is 1. The monoisotopic (exact) mass is 375 g/mol. The Morgan fingerprint density at radius 3 is 2.81 bits per heavy atom. The fourth-order valence-corrected chi connectivity index (χ4v) is 4.10. The smallest absolute Gasteiger partial charge is 0.293 e. The first-order chi connectivity index (χ1) is 12.4. The van der Waals surface area contributed by atoms with Crippen LogP contribution in [0.3, 0.4) is 0 Å². The highest BCUT2D eigenvalue weighted by atomic mass is 32.1. The molecule has 2 aromatic rings. The minimum absolute atomic E-state index is 0.0230. The molecule has 2 amide bonds. The summed E-state index contributed by atoms with van der Waals surface area (Å²) in [6, 6.07) is 5.13. The van der Waals surface area contributed by atoms with Crippen LogP contribution in [-0.4, -0.2) is 53.9 Å². The van der Waals surface area contributed by atoms with Crippen LogP contribution in [0.2, 0.25) is 0 Å². The van der Waals surface area contributed by atoms with E-state index in [1.165, 1.54) is 23.0 Å². The van der Waals surface area contributed by atoms with Gasteiger partial charge in [0.25, 0.3) is 11.5 Å². The van der Waals surface area contributed by atoms with E-state index in [9.17, 15) is 14.4 Å². The van der Waals surface area contributed by atoms with Crippen LogP contribution in [0.1, 0.15) is 20.1 Å². The lowest BCUT2D eigenvalue weighted by atomic mass is 10.1. The van der Waals surface area contributed by atoms with Crippen LogP contribution < -0.4 is 10.3 Å². The minimum Gasteiger partial charge on any atom is -0.491 e. The van der Waals surface area contributed by atoms with Gasteiger partial charge in [-0.1, -0.05) is 0 Å². The van der Waals surface area contributed by atoms with Crippen molar-refractivity contribution in [3.63, 3.8) is 0 Å². The molecule has 0 atom stereocenters. The molecule has 0 radical (unpaired) electrons. The van der Waals surface area contributed by atoms with Gasteiger partial charge in [0, 0.05) is 38.3 Å². The topological polar surface area (TPSA) is 71.8 Å². The van der Waals surface area contributed by atoms with Crippen molar-refractivity contribution in [1.29, 1.82) is 0 Å². The fourth-order valence-electron chi connectivity index (χ4n) is 2.91. The molecule has 0 fully saturated rings. The maximum absolute atomic E-state index is 12.6. The molecule has 1 aliphatic heterocycles. The summed E-state index contributed by atoms with van der Waals surface area (Å²) in [5.74, 6) is 0.0637. The van der Waals surface area contributed by atoms with E-state index >= 15 is 0 Å². The van der Waals surface area contributed by atoms with Crippen LogP contribution in [0, 0.1) is 0 Å². The predicted octanol–water partition coefficient (Wildman–Crippen LogP) is 1.21. The van der Waals surface area contributed by atoms with Crippen molar-refractivity contribution >= 4 is 23.2 Å². The third kappa shape index (κ3) is 3.50. The highest BCUT2D eigenvalue weighted by Crippen LogP contribution is 2.29. The molecular weight excluding hydrogens is 354 g/mol. The van der Waals surface area contributed by atoms with Gasteiger partial charge in [-0.3, -0.25) is 14.4 Å². The second kappa shape index (κ2) is 7.33. The number of hydrogen-bond acceptors (Lipinski definition) is 5. The van der Waals surface area contributed by atoms with Gasteiger partial charge in [-0.25, -0.2) is 0 Å². The second-order valence-electron chi connectivity index (χ2n) is 6.33. The van der Waals surface area contributed by atoms with E-state index in [4.69, 9.17) is 4.74 Å². The molecule has 26 heavy (non-hydrogen) atoms. The fraction of sp³-hybridized carbons (Fsp3) is 0.389. The lowest BCUT2D eigenvalue weighted by Crippen LogP contribution is -2.39. The van der Waals surface area contributed by atoms with E-state index in [-0.39, 0.29) is 29.7 Å². The summed E-state index contributed by atoms with van der Waals surface area (Å²) in [6.45, 7) is 1.02. The normalized spacial score (nSPS) is 13.3. The first kappa shape index (κ1) is 18.2. The summed E-state index contributed by atoms with van der Waals surface area (Å²) >= 11 is 1.50. The minimum atomic E-state index is -0.324. The number of methoxy groups -OCH3 is 1. The average molecular weight is 375 g/mol. The van der Waals surface area contributed by atoms with Gasteiger partial charge in [0.15, 0.2) is 5.75 Å². The lowest BCUT2D eigenvalue weighted by molar-refractivity contribution is -0.132. The molecule has 0 saturated heterocycles. The van der Waals surface area contributed by atoms with Gasteiger partial charge in [0.05, 0.1) is 12.0 Å². The largest absolute Gasteiger partial charge is 0.491 e. The van der Waals surface area contributed by atoms with Gasteiger partial charge < -0.3 is 19.1 Å². The first-order valence-electron chi connectivity index (χ1n) is 8.25. The van der Waals surface area contributed by atoms with E-state index in [1.54, 1.807) is 42.2 Å². The molecule has 3 rings (SSSR count). The van der Waals surface area contributed by atoms with Gasteiger partial charge >= 0.3 is 0 Å². The lowest BCUT2D eigenvalue weighted by Gasteiger charge is -2.27. The van der Waals surface area contributed by atoms with Gasteiger partial charge in [0.1, 0.15) is 6.54 Å². The Balaban J connectivity index is 1.73. The van der Waals surface area contributed by atoms with Gasteiger partial charge in [-0.2, -0.15) is 0 Å². The van der Waals surface area contributed by atoms with Crippen LogP contribution >= 0.6 is 11.3 Å². The quantitative estimate of drug-likeness (QED) is 0.805. The molecule has 2 aromatic heterocycles. The number of fused-ring (bicyclic) bond motifs is 1. The summed E-state index contributed by atoms with van der Waals surface area (Å²) in [5, 5.41) is 0. The summed E-state index contributed by atoms with van der Waals surface area (Å²) in [7, 11) is 4.88. The van der Waals surface area contributed by atoms with E-state index < -0.39 is 0 Å². The number of amides is 2. The highest BCUT2D eigenvalue weighted by Gasteiger charge is 2.25. The number of pyridine rings is 1. The highest BCUT2D eigenvalue weighted by molar-refractivity contribution is 7.14. The molecule has 7 nitrogen and oxygen atoms in total. The second-order valence-corrected chi connectivity index (χ2v) is 7.47. The molecule has 1 aliphatic rings. The molecule has 0 N–H and O–H groups in total. The number of carbonyl (C=O) groups excluding carboxylic acids is 2. The molecular formula is C18H21N3O4S.